The summed E-state index contributed by atoms with van der Waals surface area (Å²) in [5, 5.41) is 0. The highest BCUT2D eigenvalue weighted by molar-refractivity contribution is 5.66. The van der Waals surface area contributed by atoms with Crippen molar-refractivity contribution in [2.75, 3.05) is 11.2 Å². The van der Waals surface area contributed by atoms with E-state index in [1.165, 1.54) is 6.33 Å². The van der Waals surface area contributed by atoms with E-state index >= 15 is 0 Å². The molecule has 21 heavy (non-hydrogen) atoms. The lowest BCUT2D eigenvalue weighted by molar-refractivity contribution is 0.457. The summed E-state index contributed by atoms with van der Waals surface area (Å²) in [7, 11) is 0. The molecule has 0 aliphatic rings. The van der Waals surface area contributed by atoms with Crippen LogP contribution < -0.4 is 21.3 Å². The molecule has 0 aliphatic carbocycles. The molecule has 0 saturated carbocycles. The smallest absolute Gasteiger partial charge is 0.248 e. The number of nitrogens with zero attached hydrogens (tertiary/aromatic N) is 2. The van der Waals surface area contributed by atoms with E-state index in [1.807, 2.05) is 52.0 Å². The van der Waals surface area contributed by atoms with Crippen LogP contribution in [0.15, 0.2) is 30.6 Å². The Bertz CT molecular complexity index is 604. The molecule has 1 aromatic carbocycles. The van der Waals surface area contributed by atoms with E-state index in [4.69, 9.17) is 10.5 Å². The molecule has 6 nitrogen and oxygen atoms in total. The molecule has 112 valence electrons. The summed E-state index contributed by atoms with van der Waals surface area (Å²) in [5.41, 5.74) is 13.5. The van der Waals surface area contributed by atoms with Gasteiger partial charge in [0.25, 0.3) is 0 Å². The first-order valence-electron chi connectivity index (χ1n) is 6.73. The van der Waals surface area contributed by atoms with Crippen molar-refractivity contribution in [1.82, 2.24) is 15.4 Å². The van der Waals surface area contributed by atoms with Gasteiger partial charge in [0.05, 0.1) is 0 Å². The lowest BCUT2D eigenvalue weighted by atomic mass is 10.1. The molecule has 2 rings (SSSR count). The summed E-state index contributed by atoms with van der Waals surface area (Å²) in [5.74, 6) is 1.50. The minimum atomic E-state index is -0.116. The van der Waals surface area contributed by atoms with E-state index in [9.17, 15) is 0 Å². The molecule has 6 heteroatoms. The molecular formula is C15H21N5O. The fourth-order valence-corrected chi connectivity index (χ4v) is 1.52. The summed E-state index contributed by atoms with van der Waals surface area (Å²) < 4.78 is 5.69. The number of aryl methyl sites for hydroxylation is 1. The van der Waals surface area contributed by atoms with E-state index in [1.54, 1.807) is 0 Å². The van der Waals surface area contributed by atoms with Crippen LogP contribution in [0.4, 0.5) is 11.5 Å². The van der Waals surface area contributed by atoms with Crippen LogP contribution >= 0.6 is 0 Å². The fraction of sp³-hybridized carbons (Fsp3) is 0.333. The molecule has 0 saturated heterocycles. The van der Waals surface area contributed by atoms with Crippen molar-refractivity contribution in [2.45, 2.75) is 33.2 Å². The lowest BCUT2D eigenvalue weighted by Crippen LogP contribution is -2.40. The third-order valence-electron chi connectivity index (χ3n) is 2.64. The lowest BCUT2D eigenvalue weighted by Gasteiger charge is -2.22. The first kappa shape index (κ1) is 15.1. The highest BCUT2D eigenvalue weighted by atomic mass is 16.5. The van der Waals surface area contributed by atoms with Gasteiger partial charge in [-0.25, -0.2) is 10.4 Å². The third-order valence-corrected chi connectivity index (χ3v) is 2.64. The predicted octanol–water partition coefficient (Wildman–Crippen LogP) is 2.87. The molecule has 4 N–H and O–H groups in total. The SMILES string of the molecule is Cc1ccc(Oc2ncnc(NNC(C)(C)C)c2N)cc1. The molecule has 0 bridgehead atoms. The number of aromatic nitrogens is 2. The second-order valence-electron chi connectivity index (χ2n) is 5.86. The number of nitrogens with two attached hydrogens (primary N) is 1. The zero-order valence-electron chi connectivity index (χ0n) is 12.8. The van der Waals surface area contributed by atoms with Crippen LogP contribution in [0.1, 0.15) is 26.3 Å². The van der Waals surface area contributed by atoms with Crippen LogP contribution in [0, 0.1) is 6.92 Å². The molecule has 0 amide bonds. The number of nitrogen functional groups attached to an aromatic ring is 1. The van der Waals surface area contributed by atoms with Gasteiger partial charge in [-0.05, 0) is 39.8 Å². The Morgan fingerprint density at radius 2 is 1.76 bits per heavy atom. The molecule has 1 aromatic heterocycles. The molecule has 0 aliphatic heterocycles. The highest BCUT2D eigenvalue weighted by Gasteiger charge is 2.13. The molecular weight excluding hydrogens is 266 g/mol. The monoisotopic (exact) mass is 287 g/mol. The van der Waals surface area contributed by atoms with E-state index in [0.29, 0.717) is 23.1 Å². The largest absolute Gasteiger partial charge is 0.437 e. The Morgan fingerprint density at radius 3 is 2.38 bits per heavy atom. The van der Waals surface area contributed by atoms with Gasteiger partial charge in [0, 0.05) is 5.54 Å². The normalized spacial score (nSPS) is 11.2. The minimum absolute atomic E-state index is 0.116. The molecule has 2 aromatic rings. The van der Waals surface area contributed by atoms with Crippen LogP contribution in [0.5, 0.6) is 11.6 Å². The number of rotatable bonds is 4. The van der Waals surface area contributed by atoms with Crippen LogP contribution in [0.25, 0.3) is 0 Å². The van der Waals surface area contributed by atoms with E-state index in [0.717, 1.165) is 5.56 Å². The highest BCUT2D eigenvalue weighted by Crippen LogP contribution is 2.29. The topological polar surface area (TPSA) is 85.1 Å². The molecule has 0 unspecified atom stereocenters. The van der Waals surface area contributed by atoms with E-state index in [2.05, 4.69) is 20.8 Å². The quantitative estimate of drug-likeness (QED) is 0.750. The number of hydrazine groups is 1. The van der Waals surface area contributed by atoms with Crippen LogP contribution in [0.2, 0.25) is 0 Å². The number of hydrogen-bond donors (Lipinski definition) is 3. The van der Waals surface area contributed by atoms with Crippen LogP contribution in [-0.4, -0.2) is 15.5 Å². The zero-order chi connectivity index (χ0) is 15.5. The summed E-state index contributed by atoms with van der Waals surface area (Å²) >= 11 is 0. The average Bonchev–Trinajstić information content (AvgIpc) is 2.41. The van der Waals surface area contributed by atoms with Gasteiger partial charge in [0.15, 0.2) is 5.82 Å². The van der Waals surface area contributed by atoms with Gasteiger partial charge < -0.3 is 15.9 Å². The second kappa shape index (κ2) is 5.97. The molecule has 0 spiro atoms. The van der Waals surface area contributed by atoms with Crippen molar-refractivity contribution in [3.8, 4) is 11.6 Å². The van der Waals surface area contributed by atoms with Crippen LogP contribution in [0.3, 0.4) is 0 Å². The first-order chi connectivity index (χ1) is 9.85. The number of benzene rings is 1. The first-order valence-corrected chi connectivity index (χ1v) is 6.73. The number of ether oxygens (including phenoxy) is 1. The van der Waals surface area contributed by atoms with Crippen molar-refractivity contribution < 1.29 is 4.74 Å². The Morgan fingerprint density at radius 1 is 1.10 bits per heavy atom. The van der Waals surface area contributed by atoms with Gasteiger partial charge in [-0.1, -0.05) is 17.7 Å². The van der Waals surface area contributed by atoms with Crippen molar-refractivity contribution in [1.29, 1.82) is 0 Å². The average molecular weight is 287 g/mol. The van der Waals surface area contributed by atoms with E-state index in [-0.39, 0.29) is 5.54 Å². The zero-order valence-corrected chi connectivity index (χ0v) is 12.8. The Hall–Kier alpha value is -2.34. The van der Waals surface area contributed by atoms with Crippen LogP contribution in [-0.2, 0) is 0 Å². The summed E-state index contributed by atoms with van der Waals surface area (Å²) in [6.45, 7) is 8.10. The van der Waals surface area contributed by atoms with Gasteiger partial charge in [-0.3, -0.25) is 0 Å². The molecule has 0 radical (unpaired) electrons. The second-order valence-corrected chi connectivity index (χ2v) is 5.86. The van der Waals surface area contributed by atoms with E-state index < -0.39 is 0 Å². The number of hydrogen-bond acceptors (Lipinski definition) is 6. The maximum Gasteiger partial charge on any atom is 0.248 e. The van der Waals surface area contributed by atoms with Crippen molar-refractivity contribution >= 4 is 11.5 Å². The number of nitrogens with one attached hydrogen (secondary N) is 2. The molecule has 0 atom stereocenters. The Balaban J connectivity index is 2.15. The van der Waals surface area contributed by atoms with Crippen molar-refractivity contribution in [3.63, 3.8) is 0 Å². The summed E-state index contributed by atoms with van der Waals surface area (Å²) in [4.78, 5) is 8.18. The van der Waals surface area contributed by atoms with Gasteiger partial charge in [0.2, 0.25) is 5.88 Å². The Labute approximate surface area is 124 Å². The Kier molecular flexibility index (Phi) is 4.28. The van der Waals surface area contributed by atoms with Gasteiger partial charge in [-0.2, -0.15) is 4.98 Å². The maximum atomic E-state index is 6.04. The standard InChI is InChI=1S/C15H21N5O/c1-10-5-7-11(8-6-10)21-14-12(16)13(17-9-18-14)19-20-15(2,3)4/h5-9,20H,16H2,1-4H3,(H,17,18,19). The van der Waals surface area contributed by atoms with Gasteiger partial charge in [-0.15, -0.1) is 0 Å². The minimum Gasteiger partial charge on any atom is -0.437 e. The predicted molar refractivity (Wildman–Crippen MR) is 84.2 cm³/mol. The summed E-state index contributed by atoms with van der Waals surface area (Å²) in [6, 6.07) is 7.68. The molecule has 1 heterocycles. The maximum absolute atomic E-state index is 6.04. The molecule has 0 fully saturated rings. The third kappa shape index (κ3) is 4.32. The van der Waals surface area contributed by atoms with Crippen molar-refractivity contribution in [3.05, 3.63) is 36.2 Å². The van der Waals surface area contributed by atoms with Gasteiger partial charge in [0.1, 0.15) is 17.8 Å². The fourth-order valence-electron chi connectivity index (χ4n) is 1.52. The van der Waals surface area contributed by atoms with Crippen molar-refractivity contribution in [2.24, 2.45) is 0 Å². The summed E-state index contributed by atoms with van der Waals surface area (Å²) in [6.07, 6.45) is 1.41. The number of anilines is 2. The van der Waals surface area contributed by atoms with Gasteiger partial charge >= 0.3 is 0 Å².